The molecule has 1 heterocycles. The van der Waals surface area contributed by atoms with Gasteiger partial charge < -0.3 is 15.5 Å². The number of amides is 2. The van der Waals surface area contributed by atoms with Gasteiger partial charge in [0.15, 0.2) is 0 Å². The molecule has 0 aromatic heterocycles. The highest BCUT2D eigenvalue weighted by Crippen LogP contribution is 2.15. The number of carbonyl (C=O) groups is 1. The fourth-order valence-electron chi connectivity index (χ4n) is 2.42. The maximum atomic E-state index is 11.3. The summed E-state index contributed by atoms with van der Waals surface area (Å²) in [5.74, 6) is 0. The minimum atomic E-state index is -0.0737. The highest BCUT2D eigenvalue weighted by atomic mass is 16.2. The molecule has 0 spiro atoms. The quantitative estimate of drug-likeness (QED) is 0.847. The zero-order chi connectivity index (χ0) is 14.2. The zero-order valence-electron chi connectivity index (χ0n) is 12.1. The minimum absolute atomic E-state index is 0.0737. The van der Waals surface area contributed by atoms with E-state index in [1.807, 2.05) is 13.0 Å². The Morgan fingerprint density at radius 3 is 2.45 bits per heavy atom. The molecule has 1 saturated heterocycles. The van der Waals surface area contributed by atoms with E-state index >= 15 is 0 Å². The van der Waals surface area contributed by atoms with E-state index in [-0.39, 0.29) is 6.03 Å². The molecule has 5 heteroatoms. The molecule has 0 saturated carbocycles. The van der Waals surface area contributed by atoms with Crippen molar-refractivity contribution in [2.75, 3.05) is 50.7 Å². The molecule has 2 N–H and O–H groups in total. The average molecular weight is 276 g/mol. The summed E-state index contributed by atoms with van der Waals surface area (Å²) >= 11 is 0. The number of anilines is 1. The van der Waals surface area contributed by atoms with Gasteiger partial charge in [-0.3, -0.25) is 4.90 Å². The van der Waals surface area contributed by atoms with Gasteiger partial charge in [0.1, 0.15) is 0 Å². The van der Waals surface area contributed by atoms with E-state index in [2.05, 4.69) is 44.7 Å². The Labute approximate surface area is 120 Å². The maximum absolute atomic E-state index is 11.3. The minimum Gasteiger partial charge on any atom is -0.369 e. The monoisotopic (exact) mass is 276 g/mol. The molecule has 0 aliphatic carbocycles. The lowest BCUT2D eigenvalue weighted by atomic mass is 10.2. The molecule has 1 aliphatic heterocycles. The van der Waals surface area contributed by atoms with Gasteiger partial charge in [-0.15, -0.1) is 0 Å². The van der Waals surface area contributed by atoms with Crippen LogP contribution in [-0.4, -0.2) is 56.7 Å². The molecule has 1 aliphatic rings. The van der Waals surface area contributed by atoms with Crippen LogP contribution in [0.25, 0.3) is 0 Å². The van der Waals surface area contributed by atoms with Gasteiger partial charge in [0.2, 0.25) is 0 Å². The molecule has 0 unspecified atom stereocenters. The van der Waals surface area contributed by atoms with Crippen LogP contribution in [0.1, 0.15) is 6.92 Å². The second-order valence-corrected chi connectivity index (χ2v) is 4.95. The van der Waals surface area contributed by atoms with Gasteiger partial charge >= 0.3 is 6.03 Å². The number of benzene rings is 1. The maximum Gasteiger partial charge on any atom is 0.314 e. The Hall–Kier alpha value is -1.75. The largest absolute Gasteiger partial charge is 0.369 e. The molecular weight excluding hydrogens is 252 g/mol. The van der Waals surface area contributed by atoms with Crippen LogP contribution in [0.2, 0.25) is 0 Å². The number of urea groups is 1. The molecule has 5 nitrogen and oxygen atoms in total. The van der Waals surface area contributed by atoms with Gasteiger partial charge in [-0.25, -0.2) is 4.79 Å². The molecule has 1 aromatic rings. The van der Waals surface area contributed by atoms with Crippen molar-refractivity contribution in [1.29, 1.82) is 0 Å². The zero-order valence-corrected chi connectivity index (χ0v) is 12.1. The van der Waals surface area contributed by atoms with Crippen LogP contribution in [0.15, 0.2) is 30.3 Å². The molecule has 0 radical (unpaired) electrons. The summed E-state index contributed by atoms with van der Waals surface area (Å²) in [6.07, 6.45) is 0. The third-order valence-electron chi connectivity index (χ3n) is 3.54. The second-order valence-electron chi connectivity index (χ2n) is 4.95. The number of hydrogen-bond acceptors (Lipinski definition) is 3. The van der Waals surface area contributed by atoms with Crippen LogP contribution in [0.3, 0.4) is 0 Å². The van der Waals surface area contributed by atoms with Crippen LogP contribution in [0.5, 0.6) is 0 Å². The summed E-state index contributed by atoms with van der Waals surface area (Å²) in [6, 6.07) is 10.5. The van der Waals surface area contributed by atoms with E-state index in [0.717, 1.165) is 32.7 Å². The van der Waals surface area contributed by atoms with E-state index in [1.165, 1.54) is 5.69 Å². The standard InChI is InChI=1S/C15H24N4O/c1-2-16-15(20)17-8-9-18-10-12-19(13-11-18)14-6-4-3-5-7-14/h3-7H,2,8-13H2,1H3,(H2,16,17,20). The summed E-state index contributed by atoms with van der Waals surface area (Å²) in [5, 5.41) is 5.60. The number of nitrogens with one attached hydrogen (secondary N) is 2. The van der Waals surface area contributed by atoms with E-state index in [1.54, 1.807) is 0 Å². The SMILES string of the molecule is CCNC(=O)NCCN1CCN(c2ccccc2)CC1. The Morgan fingerprint density at radius 1 is 1.10 bits per heavy atom. The first-order valence-corrected chi connectivity index (χ1v) is 7.33. The molecule has 1 fully saturated rings. The molecule has 20 heavy (non-hydrogen) atoms. The van der Waals surface area contributed by atoms with Gasteiger partial charge in [0.25, 0.3) is 0 Å². The number of piperazine rings is 1. The highest BCUT2D eigenvalue weighted by Gasteiger charge is 2.16. The van der Waals surface area contributed by atoms with Crippen molar-refractivity contribution in [3.63, 3.8) is 0 Å². The normalized spacial score (nSPS) is 15.9. The smallest absolute Gasteiger partial charge is 0.314 e. The van der Waals surface area contributed by atoms with E-state index < -0.39 is 0 Å². The summed E-state index contributed by atoms with van der Waals surface area (Å²) in [4.78, 5) is 16.1. The average Bonchev–Trinajstić information content (AvgIpc) is 2.49. The molecule has 2 amide bonds. The van der Waals surface area contributed by atoms with Gasteiger partial charge in [-0.2, -0.15) is 0 Å². The third kappa shape index (κ3) is 4.42. The lowest BCUT2D eigenvalue weighted by molar-refractivity contribution is 0.232. The molecule has 0 atom stereocenters. The first-order chi connectivity index (χ1) is 9.79. The van der Waals surface area contributed by atoms with Crippen molar-refractivity contribution in [1.82, 2.24) is 15.5 Å². The van der Waals surface area contributed by atoms with Crippen LogP contribution < -0.4 is 15.5 Å². The van der Waals surface area contributed by atoms with Gasteiger partial charge in [0, 0.05) is 51.5 Å². The van der Waals surface area contributed by atoms with Crippen molar-refractivity contribution < 1.29 is 4.79 Å². The first kappa shape index (κ1) is 14.7. The Bertz CT molecular complexity index is 402. The second kappa shape index (κ2) is 7.75. The van der Waals surface area contributed by atoms with E-state index in [9.17, 15) is 4.79 Å². The summed E-state index contributed by atoms with van der Waals surface area (Å²) in [6.45, 7) is 8.40. The number of nitrogens with zero attached hydrogens (tertiary/aromatic N) is 2. The number of para-hydroxylation sites is 1. The summed E-state index contributed by atoms with van der Waals surface area (Å²) in [7, 11) is 0. The van der Waals surface area contributed by atoms with Crippen LogP contribution in [0.4, 0.5) is 10.5 Å². The van der Waals surface area contributed by atoms with Crippen molar-refractivity contribution in [2.24, 2.45) is 0 Å². The van der Waals surface area contributed by atoms with Crippen molar-refractivity contribution in [3.8, 4) is 0 Å². The predicted octanol–water partition coefficient (Wildman–Crippen LogP) is 1.13. The fourth-order valence-corrected chi connectivity index (χ4v) is 2.42. The molecule has 110 valence electrons. The summed E-state index contributed by atoms with van der Waals surface area (Å²) in [5.41, 5.74) is 1.30. The molecule has 1 aromatic carbocycles. The fraction of sp³-hybridized carbons (Fsp3) is 0.533. The van der Waals surface area contributed by atoms with Gasteiger partial charge in [0.05, 0.1) is 0 Å². The predicted molar refractivity (Wildman–Crippen MR) is 82.2 cm³/mol. The van der Waals surface area contributed by atoms with Gasteiger partial charge in [-0.05, 0) is 19.1 Å². The van der Waals surface area contributed by atoms with Crippen molar-refractivity contribution >= 4 is 11.7 Å². The Morgan fingerprint density at radius 2 is 1.80 bits per heavy atom. The molecular formula is C15H24N4O. The van der Waals surface area contributed by atoms with E-state index in [4.69, 9.17) is 0 Å². The van der Waals surface area contributed by atoms with Crippen LogP contribution in [0, 0.1) is 0 Å². The van der Waals surface area contributed by atoms with Crippen molar-refractivity contribution in [3.05, 3.63) is 30.3 Å². The highest BCUT2D eigenvalue weighted by molar-refractivity contribution is 5.73. The summed E-state index contributed by atoms with van der Waals surface area (Å²) < 4.78 is 0. The topological polar surface area (TPSA) is 47.6 Å². The number of hydrogen-bond donors (Lipinski definition) is 2. The molecule has 2 rings (SSSR count). The lowest BCUT2D eigenvalue weighted by Gasteiger charge is -2.36. The van der Waals surface area contributed by atoms with E-state index in [0.29, 0.717) is 13.1 Å². The number of rotatable bonds is 5. The molecule has 0 bridgehead atoms. The van der Waals surface area contributed by atoms with Gasteiger partial charge in [-0.1, -0.05) is 18.2 Å². The van der Waals surface area contributed by atoms with Crippen LogP contribution in [-0.2, 0) is 0 Å². The van der Waals surface area contributed by atoms with Crippen molar-refractivity contribution in [2.45, 2.75) is 6.92 Å². The lowest BCUT2D eigenvalue weighted by Crippen LogP contribution is -2.49. The number of carbonyl (C=O) groups excluding carboxylic acids is 1. The van der Waals surface area contributed by atoms with Crippen LogP contribution >= 0.6 is 0 Å². The Kier molecular flexibility index (Phi) is 5.68. The first-order valence-electron chi connectivity index (χ1n) is 7.33. The third-order valence-corrected chi connectivity index (χ3v) is 3.54. The Balaban J connectivity index is 1.66.